The molecule has 0 saturated carbocycles. The predicted octanol–water partition coefficient (Wildman–Crippen LogP) is 3.74. The molecule has 0 saturated heterocycles. The van der Waals surface area contributed by atoms with Gasteiger partial charge in [-0.1, -0.05) is 12.0 Å². The summed E-state index contributed by atoms with van der Waals surface area (Å²) in [7, 11) is 0. The van der Waals surface area contributed by atoms with Crippen LogP contribution in [0.4, 0.5) is 10.3 Å². The lowest BCUT2D eigenvalue weighted by Crippen LogP contribution is -2.17. The Labute approximate surface area is 199 Å². The monoisotopic (exact) mass is 458 g/mol. The molecule has 0 amide bonds. The van der Waals surface area contributed by atoms with Gasteiger partial charge in [-0.15, -0.1) is 0 Å². The first-order valence-electron chi connectivity index (χ1n) is 10.7. The Balaban J connectivity index is 1.26. The SMILES string of the molecule is N#Cc1ccc2c(c1)CN(c1nccc(-c3nccc(C#Cc4cc(F)c5[nH]ncc5c4)n3)n1)C2. The molecule has 4 heterocycles. The Hall–Kier alpha value is -5.15. The van der Waals surface area contributed by atoms with Crippen LogP contribution in [0.2, 0.25) is 0 Å². The van der Waals surface area contributed by atoms with E-state index in [9.17, 15) is 4.39 Å². The fraction of sp³-hybridized carbons (Fsp3) is 0.0769. The van der Waals surface area contributed by atoms with Crippen molar-refractivity contribution in [3.63, 3.8) is 0 Å². The van der Waals surface area contributed by atoms with Crippen molar-refractivity contribution in [3.05, 3.63) is 94.8 Å². The van der Waals surface area contributed by atoms with E-state index >= 15 is 0 Å². The second-order valence-corrected chi connectivity index (χ2v) is 8.00. The molecular formula is C26H15FN8. The first-order valence-corrected chi connectivity index (χ1v) is 10.7. The molecule has 0 radical (unpaired) electrons. The molecule has 1 aliphatic rings. The predicted molar refractivity (Wildman–Crippen MR) is 126 cm³/mol. The summed E-state index contributed by atoms with van der Waals surface area (Å²) in [6.45, 7) is 1.28. The van der Waals surface area contributed by atoms with Crippen LogP contribution in [0, 0.1) is 29.0 Å². The van der Waals surface area contributed by atoms with Gasteiger partial charge in [0.15, 0.2) is 5.82 Å². The fourth-order valence-electron chi connectivity index (χ4n) is 4.00. The van der Waals surface area contributed by atoms with Crippen LogP contribution < -0.4 is 4.90 Å². The first-order chi connectivity index (χ1) is 17.2. The molecule has 3 aromatic heterocycles. The standard InChI is InChI=1S/C26H15FN8/c27-22-11-16(9-19-13-31-34-24(19)22)2-4-21-5-7-29-25(32-21)23-6-8-30-26(33-23)35-14-18-3-1-17(12-28)10-20(18)15-35/h1,3,5-11,13H,14-15H2,(H,31,34). The zero-order chi connectivity index (χ0) is 23.8. The van der Waals surface area contributed by atoms with Gasteiger partial charge in [0, 0.05) is 36.4 Å². The van der Waals surface area contributed by atoms with Crippen LogP contribution in [0.3, 0.4) is 0 Å². The van der Waals surface area contributed by atoms with E-state index < -0.39 is 5.82 Å². The number of benzene rings is 2. The lowest BCUT2D eigenvalue weighted by molar-refractivity contribution is 0.636. The number of aromatic nitrogens is 6. The highest BCUT2D eigenvalue weighted by molar-refractivity contribution is 5.80. The smallest absolute Gasteiger partial charge is 0.226 e. The van der Waals surface area contributed by atoms with Crippen molar-refractivity contribution in [2.75, 3.05) is 4.90 Å². The highest BCUT2D eigenvalue weighted by atomic mass is 19.1. The summed E-state index contributed by atoms with van der Waals surface area (Å²) < 4.78 is 14.2. The molecular weight excluding hydrogens is 443 g/mol. The number of nitriles is 1. The third-order valence-corrected chi connectivity index (χ3v) is 5.70. The first kappa shape index (κ1) is 20.5. The van der Waals surface area contributed by atoms with Crippen molar-refractivity contribution in [1.82, 2.24) is 30.1 Å². The largest absolute Gasteiger partial charge is 0.332 e. The molecule has 9 heteroatoms. The molecule has 0 unspecified atom stereocenters. The van der Waals surface area contributed by atoms with E-state index in [1.165, 1.54) is 6.07 Å². The second kappa shape index (κ2) is 8.32. The van der Waals surface area contributed by atoms with Gasteiger partial charge in [-0.05, 0) is 53.4 Å². The third-order valence-electron chi connectivity index (χ3n) is 5.70. The van der Waals surface area contributed by atoms with Crippen LogP contribution in [-0.2, 0) is 13.1 Å². The van der Waals surface area contributed by atoms with E-state index in [4.69, 9.17) is 5.26 Å². The molecule has 1 aliphatic heterocycles. The van der Waals surface area contributed by atoms with E-state index in [1.807, 2.05) is 23.1 Å². The van der Waals surface area contributed by atoms with Crippen molar-refractivity contribution in [3.8, 4) is 29.4 Å². The van der Waals surface area contributed by atoms with Gasteiger partial charge in [0.1, 0.15) is 22.7 Å². The second-order valence-electron chi connectivity index (χ2n) is 8.00. The fourth-order valence-corrected chi connectivity index (χ4v) is 4.00. The van der Waals surface area contributed by atoms with Gasteiger partial charge in [0.2, 0.25) is 5.95 Å². The number of nitrogens with zero attached hydrogens (tertiary/aromatic N) is 7. The van der Waals surface area contributed by atoms with E-state index in [0.29, 0.717) is 58.3 Å². The van der Waals surface area contributed by atoms with Crippen LogP contribution in [0.25, 0.3) is 22.4 Å². The van der Waals surface area contributed by atoms with E-state index in [-0.39, 0.29) is 0 Å². The van der Waals surface area contributed by atoms with Gasteiger partial charge in [-0.2, -0.15) is 10.4 Å². The number of anilines is 1. The minimum absolute atomic E-state index is 0.353. The van der Waals surface area contributed by atoms with Crippen LogP contribution in [-0.4, -0.2) is 30.1 Å². The number of nitrogens with one attached hydrogen (secondary N) is 1. The molecule has 2 aromatic carbocycles. The summed E-state index contributed by atoms with van der Waals surface area (Å²) in [6, 6.07) is 14.4. The molecule has 0 bridgehead atoms. The summed E-state index contributed by atoms with van der Waals surface area (Å²) in [5, 5.41) is 16.3. The number of H-pyrrole nitrogens is 1. The van der Waals surface area contributed by atoms with Crippen molar-refractivity contribution in [1.29, 1.82) is 5.26 Å². The zero-order valence-electron chi connectivity index (χ0n) is 18.2. The highest BCUT2D eigenvalue weighted by Crippen LogP contribution is 2.27. The topological polar surface area (TPSA) is 107 Å². The average molecular weight is 458 g/mol. The van der Waals surface area contributed by atoms with Gasteiger partial charge in [0.05, 0.1) is 17.8 Å². The third kappa shape index (κ3) is 3.92. The molecule has 166 valence electrons. The Morgan fingerprint density at radius 2 is 1.80 bits per heavy atom. The number of halogens is 1. The lowest BCUT2D eigenvalue weighted by Gasteiger charge is -2.15. The van der Waals surface area contributed by atoms with Crippen LogP contribution in [0.1, 0.15) is 27.9 Å². The molecule has 1 N–H and O–H groups in total. The van der Waals surface area contributed by atoms with Crippen LogP contribution in [0.15, 0.2) is 61.1 Å². The van der Waals surface area contributed by atoms with Crippen molar-refractivity contribution >= 4 is 16.9 Å². The Morgan fingerprint density at radius 1 is 0.914 bits per heavy atom. The van der Waals surface area contributed by atoms with Gasteiger partial charge in [-0.25, -0.2) is 24.3 Å². The van der Waals surface area contributed by atoms with Gasteiger partial charge in [-0.3, -0.25) is 5.10 Å². The van der Waals surface area contributed by atoms with Crippen molar-refractivity contribution < 1.29 is 4.39 Å². The van der Waals surface area contributed by atoms with Crippen molar-refractivity contribution in [2.45, 2.75) is 13.1 Å². The van der Waals surface area contributed by atoms with Gasteiger partial charge < -0.3 is 4.90 Å². The summed E-state index contributed by atoms with van der Waals surface area (Å²) in [4.78, 5) is 20.0. The van der Waals surface area contributed by atoms with Gasteiger partial charge >= 0.3 is 0 Å². The maximum atomic E-state index is 14.2. The molecule has 35 heavy (non-hydrogen) atoms. The summed E-state index contributed by atoms with van der Waals surface area (Å²) in [6.07, 6.45) is 4.84. The molecule has 0 spiro atoms. The maximum Gasteiger partial charge on any atom is 0.226 e. The molecule has 6 rings (SSSR count). The summed E-state index contributed by atoms with van der Waals surface area (Å²) in [5.74, 6) is 6.49. The summed E-state index contributed by atoms with van der Waals surface area (Å²) >= 11 is 0. The normalized spacial score (nSPS) is 12.2. The Kier molecular flexibility index (Phi) is 4.86. The number of hydrogen-bond acceptors (Lipinski definition) is 7. The van der Waals surface area contributed by atoms with E-state index in [2.05, 4.69) is 48.0 Å². The minimum atomic E-state index is -0.408. The number of aromatic amines is 1. The molecule has 0 fully saturated rings. The lowest BCUT2D eigenvalue weighted by atomic mass is 10.1. The number of rotatable bonds is 2. The zero-order valence-corrected chi connectivity index (χ0v) is 18.2. The van der Waals surface area contributed by atoms with Gasteiger partial charge in [0.25, 0.3) is 0 Å². The molecule has 0 atom stereocenters. The van der Waals surface area contributed by atoms with Crippen LogP contribution >= 0.6 is 0 Å². The summed E-state index contributed by atoms with van der Waals surface area (Å²) in [5.41, 5.74) is 4.81. The highest BCUT2D eigenvalue weighted by Gasteiger charge is 2.22. The quantitative estimate of drug-likeness (QED) is 0.402. The Morgan fingerprint density at radius 3 is 2.71 bits per heavy atom. The van der Waals surface area contributed by atoms with Crippen molar-refractivity contribution in [2.24, 2.45) is 0 Å². The number of fused-ring (bicyclic) bond motifs is 2. The minimum Gasteiger partial charge on any atom is -0.332 e. The molecule has 0 aliphatic carbocycles. The number of hydrogen-bond donors (Lipinski definition) is 1. The maximum absolute atomic E-state index is 14.2. The van der Waals surface area contributed by atoms with E-state index in [0.717, 1.165) is 11.1 Å². The Bertz CT molecular complexity index is 1710. The molecule has 5 aromatic rings. The molecule has 8 nitrogen and oxygen atoms in total. The average Bonchev–Trinajstić information content (AvgIpc) is 3.55. The van der Waals surface area contributed by atoms with E-state index in [1.54, 1.807) is 36.8 Å². The van der Waals surface area contributed by atoms with Crippen LogP contribution in [0.5, 0.6) is 0 Å².